The van der Waals surface area contributed by atoms with Crippen LogP contribution in [0, 0.1) is 11.3 Å². The van der Waals surface area contributed by atoms with Crippen LogP contribution in [-0.4, -0.2) is 19.7 Å². The van der Waals surface area contributed by atoms with Crippen molar-refractivity contribution < 1.29 is 0 Å². The summed E-state index contributed by atoms with van der Waals surface area (Å²) < 4.78 is 1.34. The van der Waals surface area contributed by atoms with E-state index in [4.69, 9.17) is 5.26 Å². The summed E-state index contributed by atoms with van der Waals surface area (Å²) in [7, 11) is 0. The monoisotopic (exact) mass is 263 g/mol. The van der Waals surface area contributed by atoms with Crippen LogP contribution in [0.25, 0.3) is 16.9 Å². The minimum Gasteiger partial charge on any atom is -0.296 e. The molecule has 0 aliphatic heterocycles. The zero-order valence-corrected chi connectivity index (χ0v) is 10.3. The summed E-state index contributed by atoms with van der Waals surface area (Å²) in [5, 5.41) is 11.7. The van der Waals surface area contributed by atoms with Crippen LogP contribution in [0.3, 0.4) is 0 Å². The minimum absolute atomic E-state index is 0.236. The van der Waals surface area contributed by atoms with Gasteiger partial charge in [-0.15, -0.1) is 0 Å². The molecule has 3 aromatic heterocycles. The average molecular weight is 263 g/mol. The molecule has 0 saturated heterocycles. The fourth-order valence-electron chi connectivity index (χ4n) is 1.88. The molecule has 3 heterocycles. The Morgan fingerprint density at radius 2 is 2.20 bits per heavy atom. The Kier molecular flexibility index (Phi) is 2.86. The van der Waals surface area contributed by atoms with Crippen LogP contribution in [0.4, 0.5) is 0 Å². The Balaban J connectivity index is 2.12. The van der Waals surface area contributed by atoms with Gasteiger partial charge in [0.2, 0.25) is 0 Å². The second kappa shape index (κ2) is 4.82. The van der Waals surface area contributed by atoms with E-state index in [2.05, 4.69) is 15.1 Å². The molecule has 0 spiro atoms. The summed E-state index contributed by atoms with van der Waals surface area (Å²) in [5.74, 6) is 0.508. The number of hydrogen-bond acceptors (Lipinski definition) is 4. The summed E-state index contributed by atoms with van der Waals surface area (Å²) in [4.78, 5) is 20.4. The highest BCUT2D eigenvalue weighted by Gasteiger charge is 2.11. The van der Waals surface area contributed by atoms with Gasteiger partial charge in [0.15, 0.2) is 5.82 Å². The van der Waals surface area contributed by atoms with Gasteiger partial charge < -0.3 is 0 Å². The van der Waals surface area contributed by atoms with Crippen molar-refractivity contribution in [3.05, 3.63) is 65.0 Å². The van der Waals surface area contributed by atoms with Crippen LogP contribution >= 0.6 is 0 Å². The van der Waals surface area contributed by atoms with Crippen molar-refractivity contribution in [1.82, 2.24) is 19.7 Å². The first-order chi connectivity index (χ1) is 9.79. The Morgan fingerprint density at radius 1 is 1.30 bits per heavy atom. The van der Waals surface area contributed by atoms with E-state index in [-0.39, 0.29) is 5.56 Å². The molecule has 0 bridgehead atoms. The maximum absolute atomic E-state index is 12.4. The fourth-order valence-corrected chi connectivity index (χ4v) is 1.88. The summed E-state index contributed by atoms with van der Waals surface area (Å²) in [6.45, 7) is 0. The third-order valence-electron chi connectivity index (χ3n) is 2.83. The highest BCUT2D eigenvalue weighted by Crippen LogP contribution is 2.15. The zero-order valence-electron chi connectivity index (χ0n) is 10.3. The summed E-state index contributed by atoms with van der Waals surface area (Å²) in [6, 6.07) is 8.93. The molecule has 0 aliphatic rings. The lowest BCUT2D eigenvalue weighted by atomic mass is 10.1. The van der Waals surface area contributed by atoms with Gasteiger partial charge >= 0.3 is 0 Å². The van der Waals surface area contributed by atoms with Crippen molar-refractivity contribution in [3.8, 4) is 23.0 Å². The van der Waals surface area contributed by atoms with Crippen molar-refractivity contribution in [2.24, 2.45) is 0 Å². The first-order valence-electron chi connectivity index (χ1n) is 5.87. The molecule has 1 N–H and O–H groups in total. The molecule has 0 aliphatic carbocycles. The fraction of sp³-hybridized carbons (Fsp3) is 0. The average Bonchev–Trinajstić information content (AvgIpc) is 2.90. The maximum Gasteiger partial charge on any atom is 0.280 e. The summed E-state index contributed by atoms with van der Waals surface area (Å²) in [6.07, 6.45) is 6.19. The van der Waals surface area contributed by atoms with E-state index in [1.54, 1.807) is 42.9 Å². The van der Waals surface area contributed by atoms with Crippen molar-refractivity contribution >= 4 is 0 Å². The highest BCUT2D eigenvalue weighted by atomic mass is 16.1. The molecule has 0 unspecified atom stereocenters. The predicted octanol–water partition coefficient (Wildman–Crippen LogP) is 1.49. The first-order valence-corrected chi connectivity index (χ1v) is 5.87. The van der Waals surface area contributed by atoms with Crippen molar-refractivity contribution in [3.63, 3.8) is 0 Å². The van der Waals surface area contributed by atoms with E-state index in [0.29, 0.717) is 22.5 Å². The Labute approximate surface area is 114 Å². The zero-order chi connectivity index (χ0) is 13.9. The lowest BCUT2D eigenvalue weighted by Crippen LogP contribution is -2.16. The molecule has 20 heavy (non-hydrogen) atoms. The third kappa shape index (κ3) is 1.97. The van der Waals surface area contributed by atoms with E-state index in [0.717, 1.165) is 0 Å². The first kappa shape index (κ1) is 11.9. The SMILES string of the molecule is N#Cc1cncc(-c2c[nH]n(-c3ccccn3)c2=O)c1. The van der Waals surface area contributed by atoms with Gasteiger partial charge in [-0.25, -0.2) is 9.67 Å². The normalized spacial score (nSPS) is 10.2. The standard InChI is InChI=1S/C14H9N5O/c15-6-10-5-11(8-16-7-10)12-9-18-19(14(12)20)13-3-1-2-4-17-13/h1-5,7-9,18H. The second-order valence-corrected chi connectivity index (χ2v) is 4.09. The van der Waals surface area contributed by atoms with Crippen molar-refractivity contribution in [2.45, 2.75) is 0 Å². The van der Waals surface area contributed by atoms with E-state index < -0.39 is 0 Å². The number of hydrogen-bond donors (Lipinski definition) is 1. The number of pyridine rings is 2. The van der Waals surface area contributed by atoms with E-state index >= 15 is 0 Å². The molecule has 0 radical (unpaired) electrons. The minimum atomic E-state index is -0.236. The predicted molar refractivity (Wildman–Crippen MR) is 72.1 cm³/mol. The molecule has 3 rings (SSSR count). The van der Waals surface area contributed by atoms with Crippen LogP contribution in [0.2, 0.25) is 0 Å². The topological polar surface area (TPSA) is 87.4 Å². The molecule has 0 atom stereocenters. The molecule has 96 valence electrons. The summed E-state index contributed by atoms with van der Waals surface area (Å²) >= 11 is 0. The third-order valence-corrected chi connectivity index (χ3v) is 2.83. The number of aromatic amines is 1. The second-order valence-electron chi connectivity index (χ2n) is 4.09. The Bertz CT molecular complexity index is 842. The number of rotatable bonds is 2. The molecule has 0 fully saturated rings. The van der Waals surface area contributed by atoms with Crippen LogP contribution in [-0.2, 0) is 0 Å². The van der Waals surface area contributed by atoms with E-state index in [9.17, 15) is 4.79 Å². The van der Waals surface area contributed by atoms with Crippen LogP contribution < -0.4 is 5.56 Å². The molecule has 6 heteroatoms. The number of nitrogens with one attached hydrogen (secondary N) is 1. The van der Waals surface area contributed by atoms with Crippen LogP contribution in [0.5, 0.6) is 0 Å². The van der Waals surface area contributed by atoms with E-state index in [1.165, 1.54) is 10.9 Å². The molecule has 6 nitrogen and oxygen atoms in total. The van der Waals surface area contributed by atoms with Gasteiger partial charge in [0, 0.05) is 30.4 Å². The van der Waals surface area contributed by atoms with Gasteiger partial charge in [-0.1, -0.05) is 6.07 Å². The lowest BCUT2D eigenvalue weighted by molar-refractivity contribution is 0.819. The molecule has 0 saturated carbocycles. The molecule has 0 amide bonds. The van der Waals surface area contributed by atoms with Crippen molar-refractivity contribution in [1.29, 1.82) is 5.26 Å². The van der Waals surface area contributed by atoms with Gasteiger partial charge in [-0.05, 0) is 18.2 Å². The number of nitrogens with zero attached hydrogens (tertiary/aromatic N) is 4. The number of aromatic nitrogens is 4. The largest absolute Gasteiger partial charge is 0.296 e. The number of H-pyrrole nitrogens is 1. The van der Waals surface area contributed by atoms with Crippen LogP contribution in [0.15, 0.2) is 53.8 Å². The van der Waals surface area contributed by atoms with Gasteiger partial charge in [0.1, 0.15) is 6.07 Å². The highest BCUT2D eigenvalue weighted by molar-refractivity contribution is 5.62. The quantitative estimate of drug-likeness (QED) is 0.758. The smallest absolute Gasteiger partial charge is 0.280 e. The Hall–Kier alpha value is -3.20. The maximum atomic E-state index is 12.4. The molecular weight excluding hydrogens is 254 g/mol. The van der Waals surface area contributed by atoms with Gasteiger partial charge in [-0.2, -0.15) is 5.26 Å². The Morgan fingerprint density at radius 3 is 2.95 bits per heavy atom. The van der Waals surface area contributed by atoms with E-state index in [1.807, 2.05) is 6.07 Å². The molecule has 0 aromatic carbocycles. The summed E-state index contributed by atoms with van der Waals surface area (Å²) in [5.41, 5.74) is 1.22. The van der Waals surface area contributed by atoms with Gasteiger partial charge in [0.05, 0.1) is 11.1 Å². The van der Waals surface area contributed by atoms with Gasteiger partial charge in [-0.3, -0.25) is 14.9 Å². The lowest BCUT2D eigenvalue weighted by Gasteiger charge is -1.98. The molecular formula is C14H9N5O. The van der Waals surface area contributed by atoms with Crippen molar-refractivity contribution in [2.75, 3.05) is 0 Å². The van der Waals surface area contributed by atoms with Gasteiger partial charge in [0.25, 0.3) is 5.56 Å². The molecule has 3 aromatic rings. The number of nitriles is 1. The van der Waals surface area contributed by atoms with Crippen LogP contribution in [0.1, 0.15) is 5.56 Å².